The molecule has 0 aromatic carbocycles. The number of ketones is 1. The van der Waals surface area contributed by atoms with Gasteiger partial charge in [0.05, 0.1) is 9.88 Å². The molecule has 1 atom stereocenters. The monoisotopic (exact) mass is 284 g/mol. The van der Waals surface area contributed by atoms with Gasteiger partial charge in [-0.05, 0) is 18.6 Å². The first-order valence-corrected chi connectivity index (χ1v) is 6.97. The Hall–Kier alpha value is -1.40. The van der Waals surface area contributed by atoms with Crippen molar-refractivity contribution in [3.05, 3.63) is 17.0 Å². The van der Waals surface area contributed by atoms with Crippen LogP contribution in [-0.2, 0) is 9.53 Å². The third-order valence-corrected chi connectivity index (χ3v) is 3.61. The van der Waals surface area contributed by atoms with Gasteiger partial charge in [-0.1, -0.05) is 13.8 Å². The van der Waals surface area contributed by atoms with Crippen LogP contribution in [0.2, 0.25) is 0 Å². The van der Waals surface area contributed by atoms with E-state index in [0.717, 1.165) is 17.8 Å². The summed E-state index contributed by atoms with van der Waals surface area (Å²) in [6.07, 6.45) is 0.630. The number of carbonyl (C=O) groups excluding carboxylic acids is 2. The molecule has 19 heavy (non-hydrogen) atoms. The van der Waals surface area contributed by atoms with Gasteiger partial charge in [0.1, 0.15) is 6.10 Å². The summed E-state index contributed by atoms with van der Waals surface area (Å²) in [6.45, 7) is 4.54. The van der Waals surface area contributed by atoms with Crippen molar-refractivity contribution >= 4 is 28.0 Å². The first kappa shape index (κ1) is 15.7. The first-order chi connectivity index (χ1) is 8.95. The summed E-state index contributed by atoms with van der Waals surface area (Å²) in [4.78, 5) is 22.6. The van der Waals surface area contributed by atoms with Crippen molar-refractivity contribution in [2.45, 2.75) is 26.4 Å². The summed E-state index contributed by atoms with van der Waals surface area (Å²) in [5.74, 6) is 0.257. The van der Waals surface area contributed by atoms with Gasteiger partial charge in [0, 0.05) is 19.6 Å². The van der Waals surface area contributed by atoms with Crippen LogP contribution >= 0.6 is 11.3 Å². The van der Waals surface area contributed by atoms with Crippen molar-refractivity contribution in [2.75, 3.05) is 19.4 Å². The van der Waals surface area contributed by atoms with Crippen LogP contribution in [-0.4, -0.2) is 31.4 Å². The maximum absolute atomic E-state index is 11.3. The molecular weight excluding hydrogens is 264 g/mol. The van der Waals surface area contributed by atoms with E-state index < -0.39 is 0 Å². The summed E-state index contributed by atoms with van der Waals surface area (Å²) in [5.41, 5.74) is 5.48. The Labute approximate surface area is 117 Å². The average molecular weight is 284 g/mol. The molecule has 1 aromatic heterocycles. The average Bonchev–Trinajstić information content (AvgIpc) is 2.97. The standard InChI is InChI=1S/C8H11NOS.C5H9NO2/c1-5(2)8(10)6-3-4-7(9)11-6;1-8-4-2-3-6-5(4)7/h3-5H,9H2,1-2H3;4H,2-3H2,1H3,(H,6,7). The number of amides is 1. The number of hydrogen-bond donors (Lipinski definition) is 2. The number of ether oxygens (including phenoxy) is 1. The second-order valence-corrected chi connectivity index (χ2v) is 5.64. The van der Waals surface area contributed by atoms with Crippen molar-refractivity contribution in [1.82, 2.24) is 5.32 Å². The highest BCUT2D eigenvalue weighted by atomic mass is 32.1. The number of Topliss-reactive ketones (excluding diaryl/α,β-unsaturated/α-hetero) is 1. The lowest BCUT2D eigenvalue weighted by molar-refractivity contribution is -0.127. The van der Waals surface area contributed by atoms with Gasteiger partial charge < -0.3 is 15.8 Å². The number of rotatable bonds is 3. The van der Waals surface area contributed by atoms with E-state index in [4.69, 9.17) is 10.5 Å². The van der Waals surface area contributed by atoms with Gasteiger partial charge in [-0.2, -0.15) is 0 Å². The van der Waals surface area contributed by atoms with Crippen molar-refractivity contribution in [3.63, 3.8) is 0 Å². The Balaban J connectivity index is 0.000000200. The number of nitrogen functional groups attached to an aromatic ring is 1. The number of thiophene rings is 1. The minimum absolute atomic E-state index is 0.0208. The van der Waals surface area contributed by atoms with E-state index in [-0.39, 0.29) is 23.7 Å². The predicted molar refractivity (Wildman–Crippen MR) is 76.3 cm³/mol. The van der Waals surface area contributed by atoms with Gasteiger partial charge in [-0.15, -0.1) is 11.3 Å². The number of nitrogens with one attached hydrogen (secondary N) is 1. The van der Waals surface area contributed by atoms with Crippen LogP contribution in [0.5, 0.6) is 0 Å². The summed E-state index contributed by atoms with van der Waals surface area (Å²) in [6, 6.07) is 3.54. The van der Waals surface area contributed by atoms with Gasteiger partial charge in [0.25, 0.3) is 0 Å². The molecule has 2 heterocycles. The molecule has 5 nitrogen and oxygen atoms in total. The maximum atomic E-state index is 11.3. The quantitative estimate of drug-likeness (QED) is 0.828. The molecule has 1 aromatic rings. The summed E-state index contributed by atoms with van der Waals surface area (Å²) < 4.78 is 4.81. The van der Waals surface area contributed by atoms with Crippen LogP contribution in [0.25, 0.3) is 0 Å². The van der Waals surface area contributed by atoms with E-state index in [2.05, 4.69) is 5.32 Å². The Bertz CT molecular complexity index is 443. The van der Waals surface area contributed by atoms with Crippen molar-refractivity contribution in [3.8, 4) is 0 Å². The smallest absolute Gasteiger partial charge is 0.249 e. The number of methoxy groups -OCH3 is 1. The van der Waals surface area contributed by atoms with E-state index in [1.54, 1.807) is 19.2 Å². The number of hydrogen-bond acceptors (Lipinski definition) is 5. The molecule has 1 saturated heterocycles. The van der Waals surface area contributed by atoms with Gasteiger partial charge in [-0.3, -0.25) is 9.59 Å². The lowest BCUT2D eigenvalue weighted by atomic mass is 10.1. The highest BCUT2D eigenvalue weighted by molar-refractivity contribution is 7.17. The third-order valence-electron chi connectivity index (χ3n) is 2.68. The van der Waals surface area contributed by atoms with Crippen molar-refractivity contribution in [2.24, 2.45) is 5.92 Å². The van der Waals surface area contributed by atoms with Crippen LogP contribution in [0.15, 0.2) is 12.1 Å². The molecule has 0 radical (unpaired) electrons. The molecule has 2 rings (SSSR count). The molecule has 1 amide bonds. The Morgan fingerprint density at radius 3 is 2.53 bits per heavy atom. The summed E-state index contributed by atoms with van der Waals surface area (Å²) >= 11 is 1.35. The molecule has 0 bridgehead atoms. The summed E-state index contributed by atoms with van der Waals surface area (Å²) in [5, 5.41) is 3.36. The molecule has 1 fully saturated rings. The zero-order valence-corrected chi connectivity index (χ0v) is 12.3. The van der Waals surface area contributed by atoms with Crippen LogP contribution in [0.3, 0.4) is 0 Å². The Kier molecular flexibility index (Phi) is 5.98. The zero-order valence-electron chi connectivity index (χ0n) is 11.4. The van der Waals surface area contributed by atoms with Gasteiger partial charge >= 0.3 is 0 Å². The third kappa shape index (κ3) is 4.65. The van der Waals surface area contributed by atoms with E-state index in [0.29, 0.717) is 5.00 Å². The Morgan fingerprint density at radius 1 is 1.53 bits per heavy atom. The second-order valence-electron chi connectivity index (χ2n) is 4.53. The van der Waals surface area contributed by atoms with Crippen molar-refractivity contribution < 1.29 is 14.3 Å². The molecule has 1 aliphatic rings. The lowest BCUT2D eigenvalue weighted by Gasteiger charge is -1.99. The van der Waals surface area contributed by atoms with E-state index >= 15 is 0 Å². The van der Waals surface area contributed by atoms with Gasteiger partial charge in [0.15, 0.2) is 5.78 Å². The molecule has 0 saturated carbocycles. The molecule has 1 aliphatic heterocycles. The van der Waals surface area contributed by atoms with Gasteiger partial charge in [-0.25, -0.2) is 0 Å². The normalized spacial score (nSPS) is 17.9. The molecule has 0 spiro atoms. The minimum atomic E-state index is -0.185. The van der Waals surface area contributed by atoms with Crippen LogP contribution in [0.4, 0.5) is 5.00 Å². The molecule has 106 valence electrons. The highest BCUT2D eigenvalue weighted by Crippen LogP contribution is 2.20. The molecule has 3 N–H and O–H groups in total. The SMILES string of the molecule is CC(C)C(=O)c1ccc(N)s1.COC1CCNC1=O. The zero-order chi connectivity index (χ0) is 14.4. The fourth-order valence-electron chi connectivity index (χ4n) is 1.57. The van der Waals surface area contributed by atoms with Crippen LogP contribution in [0, 0.1) is 5.92 Å². The fraction of sp³-hybridized carbons (Fsp3) is 0.538. The molecule has 1 unspecified atom stereocenters. The predicted octanol–water partition coefficient (Wildman–Crippen LogP) is 1.69. The fourth-order valence-corrected chi connectivity index (χ4v) is 2.43. The highest BCUT2D eigenvalue weighted by Gasteiger charge is 2.22. The largest absolute Gasteiger partial charge is 0.391 e. The minimum Gasteiger partial charge on any atom is -0.391 e. The Morgan fingerprint density at radius 2 is 2.21 bits per heavy atom. The van der Waals surface area contributed by atoms with Gasteiger partial charge in [0.2, 0.25) is 5.91 Å². The number of nitrogens with two attached hydrogens (primary N) is 1. The van der Waals surface area contributed by atoms with E-state index in [9.17, 15) is 9.59 Å². The summed E-state index contributed by atoms with van der Waals surface area (Å²) in [7, 11) is 1.55. The lowest BCUT2D eigenvalue weighted by Crippen LogP contribution is -2.23. The first-order valence-electron chi connectivity index (χ1n) is 6.15. The van der Waals surface area contributed by atoms with E-state index in [1.807, 2.05) is 13.8 Å². The van der Waals surface area contributed by atoms with Crippen molar-refractivity contribution in [1.29, 1.82) is 0 Å². The number of carbonyl (C=O) groups is 2. The maximum Gasteiger partial charge on any atom is 0.249 e. The molecule has 6 heteroatoms. The second kappa shape index (κ2) is 7.25. The van der Waals surface area contributed by atoms with Crippen LogP contribution in [0.1, 0.15) is 29.9 Å². The number of anilines is 1. The van der Waals surface area contributed by atoms with E-state index in [1.165, 1.54) is 11.3 Å². The topological polar surface area (TPSA) is 81.4 Å². The van der Waals surface area contributed by atoms with Crippen LogP contribution < -0.4 is 11.1 Å². The molecular formula is C13H20N2O3S. The molecule has 0 aliphatic carbocycles.